The number of halogens is 1. The van der Waals surface area contributed by atoms with Crippen LogP contribution in [0.1, 0.15) is 43.9 Å². The highest BCUT2D eigenvalue weighted by Gasteiger charge is 2.27. The molecule has 5 heteroatoms. The molecular formula is C15H25ClN2O2. The number of amides is 1. The van der Waals surface area contributed by atoms with Gasteiger partial charge in [0.05, 0.1) is 11.6 Å². The van der Waals surface area contributed by atoms with E-state index in [1.54, 1.807) is 6.92 Å². The predicted octanol–water partition coefficient (Wildman–Crippen LogP) is 2.08. The second-order valence-corrected chi connectivity index (χ2v) is 5.25. The summed E-state index contributed by atoms with van der Waals surface area (Å²) < 4.78 is 0. The van der Waals surface area contributed by atoms with E-state index in [2.05, 4.69) is 5.32 Å². The van der Waals surface area contributed by atoms with Gasteiger partial charge < -0.3 is 16.2 Å². The SMILES string of the molecule is CCCC(C)(N)C(=O)NCC(O)c1ccccc1C.Cl. The lowest BCUT2D eigenvalue weighted by atomic mass is 9.96. The van der Waals surface area contributed by atoms with E-state index in [-0.39, 0.29) is 24.9 Å². The van der Waals surface area contributed by atoms with Crippen LogP contribution < -0.4 is 11.1 Å². The Labute approximate surface area is 127 Å². The number of aliphatic hydroxyl groups is 1. The monoisotopic (exact) mass is 300 g/mol. The topological polar surface area (TPSA) is 75.4 Å². The van der Waals surface area contributed by atoms with Crippen molar-refractivity contribution in [1.29, 1.82) is 0 Å². The summed E-state index contributed by atoms with van der Waals surface area (Å²) in [4.78, 5) is 11.9. The van der Waals surface area contributed by atoms with Gasteiger partial charge in [-0.2, -0.15) is 0 Å². The molecule has 0 spiro atoms. The Morgan fingerprint density at radius 1 is 1.45 bits per heavy atom. The molecule has 4 nitrogen and oxygen atoms in total. The fourth-order valence-electron chi connectivity index (χ4n) is 2.09. The molecule has 20 heavy (non-hydrogen) atoms. The van der Waals surface area contributed by atoms with Crippen molar-refractivity contribution >= 4 is 18.3 Å². The minimum atomic E-state index is -0.875. The molecule has 2 unspecified atom stereocenters. The van der Waals surface area contributed by atoms with Crippen LogP contribution in [0.4, 0.5) is 0 Å². The van der Waals surface area contributed by atoms with E-state index in [0.717, 1.165) is 17.5 Å². The second-order valence-electron chi connectivity index (χ2n) is 5.25. The Kier molecular flexibility index (Phi) is 7.79. The lowest BCUT2D eigenvalue weighted by molar-refractivity contribution is -0.126. The molecule has 0 aliphatic heterocycles. The molecule has 4 N–H and O–H groups in total. The molecule has 2 atom stereocenters. The van der Waals surface area contributed by atoms with Gasteiger partial charge in [-0.05, 0) is 31.4 Å². The van der Waals surface area contributed by atoms with Crippen LogP contribution in [0.5, 0.6) is 0 Å². The number of aryl methyl sites for hydroxylation is 1. The molecular weight excluding hydrogens is 276 g/mol. The van der Waals surface area contributed by atoms with Crippen molar-refractivity contribution < 1.29 is 9.90 Å². The van der Waals surface area contributed by atoms with Gasteiger partial charge in [0, 0.05) is 6.54 Å². The standard InChI is InChI=1S/C15H24N2O2.ClH/c1-4-9-15(3,16)14(19)17-10-13(18)12-8-6-5-7-11(12)2;/h5-8,13,18H,4,9-10,16H2,1-3H3,(H,17,19);1H. The molecule has 0 saturated carbocycles. The first-order valence-corrected chi connectivity index (χ1v) is 6.69. The lowest BCUT2D eigenvalue weighted by Crippen LogP contribution is -2.52. The third-order valence-corrected chi connectivity index (χ3v) is 3.29. The van der Waals surface area contributed by atoms with Gasteiger partial charge in [0.15, 0.2) is 0 Å². The molecule has 0 aliphatic rings. The zero-order valence-electron chi connectivity index (χ0n) is 12.3. The molecule has 1 amide bonds. The zero-order valence-corrected chi connectivity index (χ0v) is 13.2. The van der Waals surface area contributed by atoms with Gasteiger partial charge in [-0.1, -0.05) is 37.6 Å². The maximum atomic E-state index is 11.9. The number of aliphatic hydroxyl groups excluding tert-OH is 1. The first-order valence-electron chi connectivity index (χ1n) is 6.69. The Balaban J connectivity index is 0.00000361. The molecule has 1 aromatic rings. The fourth-order valence-corrected chi connectivity index (χ4v) is 2.09. The predicted molar refractivity (Wildman–Crippen MR) is 83.9 cm³/mol. The first-order chi connectivity index (χ1) is 8.88. The third kappa shape index (κ3) is 5.12. The largest absolute Gasteiger partial charge is 0.387 e. The van der Waals surface area contributed by atoms with Crippen molar-refractivity contribution in [2.24, 2.45) is 5.73 Å². The summed E-state index contributed by atoms with van der Waals surface area (Å²) in [5, 5.41) is 12.8. The second kappa shape index (κ2) is 8.25. The van der Waals surface area contributed by atoms with Gasteiger partial charge in [-0.3, -0.25) is 4.79 Å². The van der Waals surface area contributed by atoms with Crippen LogP contribution in [0.15, 0.2) is 24.3 Å². The first kappa shape index (κ1) is 18.9. The maximum absolute atomic E-state index is 11.9. The normalized spacial score (nSPS) is 14.8. The summed E-state index contributed by atoms with van der Waals surface area (Å²) in [7, 11) is 0. The minimum Gasteiger partial charge on any atom is -0.387 e. The average Bonchev–Trinajstić information content (AvgIpc) is 2.36. The number of rotatable bonds is 6. The molecule has 0 radical (unpaired) electrons. The zero-order chi connectivity index (χ0) is 14.5. The van der Waals surface area contributed by atoms with Gasteiger partial charge in [0.2, 0.25) is 5.91 Å². The Morgan fingerprint density at radius 2 is 2.05 bits per heavy atom. The summed E-state index contributed by atoms with van der Waals surface area (Å²) in [5.41, 5.74) is 6.90. The summed E-state index contributed by atoms with van der Waals surface area (Å²) in [6, 6.07) is 7.59. The Bertz CT molecular complexity index is 436. The number of nitrogens with one attached hydrogen (secondary N) is 1. The van der Waals surface area contributed by atoms with Crippen LogP contribution in [-0.4, -0.2) is 23.1 Å². The number of carbonyl (C=O) groups is 1. The van der Waals surface area contributed by atoms with Crippen LogP contribution in [0, 0.1) is 6.92 Å². The number of carbonyl (C=O) groups excluding carboxylic acids is 1. The van der Waals surface area contributed by atoms with E-state index >= 15 is 0 Å². The van der Waals surface area contributed by atoms with Crippen LogP contribution in [-0.2, 0) is 4.79 Å². The van der Waals surface area contributed by atoms with E-state index in [0.29, 0.717) is 6.42 Å². The van der Waals surface area contributed by atoms with Gasteiger partial charge in [0.1, 0.15) is 0 Å². The summed E-state index contributed by atoms with van der Waals surface area (Å²) in [6.45, 7) is 5.82. The highest BCUT2D eigenvalue weighted by Crippen LogP contribution is 2.16. The van der Waals surface area contributed by atoms with E-state index < -0.39 is 11.6 Å². The van der Waals surface area contributed by atoms with Gasteiger partial charge in [-0.25, -0.2) is 0 Å². The number of hydrogen-bond acceptors (Lipinski definition) is 3. The molecule has 1 aromatic carbocycles. The van der Waals surface area contributed by atoms with Gasteiger partial charge in [0.25, 0.3) is 0 Å². The summed E-state index contributed by atoms with van der Waals surface area (Å²) in [6.07, 6.45) is 0.766. The van der Waals surface area contributed by atoms with Crippen LogP contribution >= 0.6 is 12.4 Å². The van der Waals surface area contributed by atoms with E-state index in [1.807, 2.05) is 38.1 Å². The van der Waals surface area contributed by atoms with Gasteiger partial charge in [-0.15, -0.1) is 12.4 Å². The molecule has 0 saturated heterocycles. The highest BCUT2D eigenvalue weighted by atomic mass is 35.5. The quantitative estimate of drug-likeness (QED) is 0.753. The highest BCUT2D eigenvalue weighted by molar-refractivity contribution is 5.85. The summed E-state index contributed by atoms with van der Waals surface area (Å²) >= 11 is 0. The maximum Gasteiger partial charge on any atom is 0.239 e. The number of benzene rings is 1. The van der Waals surface area contributed by atoms with Crippen molar-refractivity contribution in [1.82, 2.24) is 5.32 Å². The van der Waals surface area contributed by atoms with Crippen molar-refractivity contribution in [2.45, 2.75) is 45.3 Å². The Morgan fingerprint density at radius 3 is 2.60 bits per heavy atom. The van der Waals surface area contributed by atoms with Crippen LogP contribution in [0.25, 0.3) is 0 Å². The fraction of sp³-hybridized carbons (Fsp3) is 0.533. The van der Waals surface area contributed by atoms with E-state index in [4.69, 9.17) is 5.73 Å². The van der Waals surface area contributed by atoms with Crippen molar-refractivity contribution in [3.05, 3.63) is 35.4 Å². The molecule has 0 fully saturated rings. The van der Waals surface area contributed by atoms with Crippen LogP contribution in [0.3, 0.4) is 0 Å². The van der Waals surface area contributed by atoms with E-state index in [1.165, 1.54) is 0 Å². The molecule has 1 rings (SSSR count). The van der Waals surface area contributed by atoms with E-state index in [9.17, 15) is 9.90 Å². The lowest BCUT2D eigenvalue weighted by Gasteiger charge is -2.24. The number of hydrogen-bond donors (Lipinski definition) is 3. The molecule has 114 valence electrons. The third-order valence-electron chi connectivity index (χ3n) is 3.29. The van der Waals surface area contributed by atoms with Crippen molar-refractivity contribution in [3.63, 3.8) is 0 Å². The minimum absolute atomic E-state index is 0. The summed E-state index contributed by atoms with van der Waals surface area (Å²) in [5.74, 6) is -0.220. The molecule has 0 aliphatic carbocycles. The smallest absolute Gasteiger partial charge is 0.239 e. The van der Waals surface area contributed by atoms with Crippen molar-refractivity contribution in [3.8, 4) is 0 Å². The van der Waals surface area contributed by atoms with Gasteiger partial charge >= 0.3 is 0 Å². The molecule has 0 aromatic heterocycles. The van der Waals surface area contributed by atoms with Crippen LogP contribution in [0.2, 0.25) is 0 Å². The number of nitrogens with two attached hydrogens (primary N) is 1. The van der Waals surface area contributed by atoms with Crippen molar-refractivity contribution in [2.75, 3.05) is 6.54 Å². The molecule has 0 bridgehead atoms. The Hall–Kier alpha value is -1.10. The molecule has 0 heterocycles. The average molecular weight is 301 g/mol.